The number of urea groups is 1. The van der Waals surface area contributed by atoms with Crippen molar-refractivity contribution >= 4 is 45.6 Å². The van der Waals surface area contributed by atoms with Crippen molar-refractivity contribution in [1.29, 1.82) is 0 Å². The number of amides is 3. The third kappa shape index (κ3) is 6.41. The Kier molecular flexibility index (Phi) is 8.33. The Morgan fingerprint density at radius 2 is 1.68 bits per heavy atom. The van der Waals surface area contributed by atoms with Crippen LogP contribution in [-0.4, -0.2) is 73.2 Å². The van der Waals surface area contributed by atoms with Gasteiger partial charge in [0, 0.05) is 37.3 Å². The molecule has 1 aliphatic rings. The summed E-state index contributed by atoms with van der Waals surface area (Å²) in [5.41, 5.74) is 3.42. The van der Waals surface area contributed by atoms with Crippen LogP contribution >= 0.6 is 0 Å². The van der Waals surface area contributed by atoms with Gasteiger partial charge in [-0.3, -0.25) is 9.47 Å². The predicted molar refractivity (Wildman–Crippen MR) is 181 cm³/mol. The van der Waals surface area contributed by atoms with Crippen molar-refractivity contribution in [3.05, 3.63) is 121 Å². The molecular formula is C36H34N8O3. The highest BCUT2D eigenvalue weighted by molar-refractivity contribution is 6.01. The number of para-hydroxylation sites is 2. The second-order valence-electron chi connectivity index (χ2n) is 11.5. The Bertz CT molecular complexity index is 2030. The smallest absolute Gasteiger partial charge is 0.410 e. The third-order valence-electron chi connectivity index (χ3n) is 8.45. The number of hydrogen-bond donors (Lipinski definition) is 2. The maximum absolute atomic E-state index is 13.6. The quantitative estimate of drug-likeness (QED) is 0.213. The largest absolute Gasteiger partial charge is 0.445 e. The first-order valence-electron chi connectivity index (χ1n) is 15.6. The van der Waals surface area contributed by atoms with Crippen molar-refractivity contribution in [3.8, 4) is 5.82 Å². The minimum absolute atomic E-state index is 0.153. The van der Waals surface area contributed by atoms with E-state index in [0.29, 0.717) is 24.9 Å². The number of piperazine rings is 1. The van der Waals surface area contributed by atoms with Crippen LogP contribution in [0, 0.1) is 0 Å². The molecule has 3 amide bonds. The molecule has 2 atom stereocenters. The first kappa shape index (κ1) is 29.7. The summed E-state index contributed by atoms with van der Waals surface area (Å²) in [5, 5.41) is 8.48. The Labute approximate surface area is 271 Å². The standard InChI is InChI=1S/C36H34N8O3/c1-25(39-34-37-19-18-33(41-34)44-24-38-30-15-7-8-17-31(30)44)32-22-42(20-21-43(32)36(46)47-23-26-10-3-2-4-11-26)35(45)40-29-16-9-13-27-12-5-6-14-28(27)29/h2-19,24-25,32H,20-23H2,1H3,(H,40,45)(H,37,39,41). The number of rotatable bonds is 7. The summed E-state index contributed by atoms with van der Waals surface area (Å²) in [5.74, 6) is 1.05. The highest BCUT2D eigenvalue weighted by atomic mass is 16.6. The number of carbonyl (C=O) groups is 2. The molecule has 11 nitrogen and oxygen atoms in total. The predicted octanol–water partition coefficient (Wildman–Crippen LogP) is 6.32. The van der Waals surface area contributed by atoms with Crippen LogP contribution in [0.3, 0.4) is 0 Å². The molecular weight excluding hydrogens is 592 g/mol. The maximum atomic E-state index is 13.6. The Hall–Kier alpha value is -5.97. The monoisotopic (exact) mass is 626 g/mol. The van der Waals surface area contributed by atoms with Crippen molar-refractivity contribution in [3.63, 3.8) is 0 Å². The van der Waals surface area contributed by atoms with E-state index in [1.807, 2.05) is 115 Å². The van der Waals surface area contributed by atoms with Gasteiger partial charge in [-0.25, -0.2) is 19.6 Å². The molecule has 3 heterocycles. The fraction of sp³-hybridized carbons (Fsp3) is 0.194. The summed E-state index contributed by atoms with van der Waals surface area (Å²) in [7, 11) is 0. The lowest BCUT2D eigenvalue weighted by atomic mass is 10.1. The average Bonchev–Trinajstić information content (AvgIpc) is 3.55. The van der Waals surface area contributed by atoms with Crippen molar-refractivity contribution in [1.82, 2.24) is 29.3 Å². The van der Waals surface area contributed by atoms with E-state index in [0.717, 1.165) is 33.1 Å². The number of anilines is 2. The molecule has 7 rings (SSSR count). The number of ether oxygens (including phenoxy) is 1. The molecule has 0 saturated carbocycles. The van der Waals surface area contributed by atoms with Gasteiger partial charge in [0.15, 0.2) is 0 Å². The topological polar surface area (TPSA) is 118 Å². The third-order valence-corrected chi connectivity index (χ3v) is 8.45. The SMILES string of the molecule is CC(Nc1nccc(-n2cnc3ccccc32)n1)C1CN(C(=O)Nc2cccc3ccccc23)CCN1C(=O)OCc1ccccc1. The van der Waals surface area contributed by atoms with E-state index in [9.17, 15) is 9.59 Å². The van der Waals surface area contributed by atoms with Crippen LogP contribution in [0.1, 0.15) is 12.5 Å². The lowest BCUT2D eigenvalue weighted by molar-refractivity contribution is 0.0484. The molecule has 1 fully saturated rings. The molecule has 1 saturated heterocycles. The Morgan fingerprint density at radius 1 is 0.894 bits per heavy atom. The van der Waals surface area contributed by atoms with Crippen LogP contribution in [0.2, 0.25) is 0 Å². The van der Waals surface area contributed by atoms with Gasteiger partial charge in [0.2, 0.25) is 5.95 Å². The molecule has 2 N–H and O–H groups in total. The second kappa shape index (κ2) is 13.2. The average molecular weight is 627 g/mol. The molecule has 0 aliphatic carbocycles. The number of imidazole rings is 1. The molecule has 0 spiro atoms. The minimum Gasteiger partial charge on any atom is -0.445 e. The van der Waals surface area contributed by atoms with E-state index in [4.69, 9.17) is 9.72 Å². The first-order valence-corrected chi connectivity index (χ1v) is 15.6. The van der Waals surface area contributed by atoms with Gasteiger partial charge in [-0.1, -0.05) is 78.9 Å². The Morgan fingerprint density at radius 3 is 2.57 bits per heavy atom. The number of nitrogens with zero attached hydrogens (tertiary/aromatic N) is 6. The van der Waals surface area contributed by atoms with Crippen LogP contribution in [0.5, 0.6) is 0 Å². The van der Waals surface area contributed by atoms with E-state index >= 15 is 0 Å². The summed E-state index contributed by atoms with van der Waals surface area (Å²) in [4.78, 5) is 44.3. The normalized spacial score (nSPS) is 15.4. The lowest BCUT2D eigenvalue weighted by Gasteiger charge is -2.43. The van der Waals surface area contributed by atoms with Crippen LogP contribution < -0.4 is 10.6 Å². The van der Waals surface area contributed by atoms with Gasteiger partial charge in [-0.15, -0.1) is 0 Å². The molecule has 0 radical (unpaired) electrons. The molecule has 236 valence electrons. The van der Waals surface area contributed by atoms with Crippen LogP contribution in [0.25, 0.3) is 27.6 Å². The van der Waals surface area contributed by atoms with Crippen molar-refractivity contribution in [2.24, 2.45) is 0 Å². The summed E-state index contributed by atoms with van der Waals surface area (Å²) >= 11 is 0. The number of benzene rings is 4. The van der Waals surface area contributed by atoms with Gasteiger partial charge in [-0.2, -0.15) is 4.98 Å². The molecule has 11 heteroatoms. The number of nitrogens with one attached hydrogen (secondary N) is 2. The van der Waals surface area contributed by atoms with Gasteiger partial charge in [0.25, 0.3) is 0 Å². The molecule has 6 aromatic rings. The van der Waals surface area contributed by atoms with E-state index in [2.05, 4.69) is 20.6 Å². The van der Waals surface area contributed by atoms with E-state index in [-0.39, 0.29) is 25.2 Å². The van der Waals surface area contributed by atoms with Crippen molar-refractivity contribution in [2.45, 2.75) is 25.6 Å². The molecule has 4 aromatic carbocycles. The molecule has 0 bridgehead atoms. The highest BCUT2D eigenvalue weighted by Crippen LogP contribution is 2.25. The van der Waals surface area contributed by atoms with Crippen molar-refractivity contribution < 1.29 is 14.3 Å². The summed E-state index contributed by atoms with van der Waals surface area (Å²) < 4.78 is 7.65. The maximum Gasteiger partial charge on any atom is 0.410 e. The van der Waals surface area contributed by atoms with E-state index in [1.54, 1.807) is 22.3 Å². The second-order valence-corrected chi connectivity index (χ2v) is 11.5. The van der Waals surface area contributed by atoms with Crippen molar-refractivity contribution in [2.75, 3.05) is 30.3 Å². The lowest BCUT2D eigenvalue weighted by Crippen LogP contribution is -2.61. The van der Waals surface area contributed by atoms with Gasteiger partial charge < -0.3 is 20.3 Å². The zero-order valence-electron chi connectivity index (χ0n) is 25.9. The number of carbonyl (C=O) groups excluding carboxylic acids is 2. The molecule has 1 aliphatic heterocycles. The minimum atomic E-state index is -0.443. The summed E-state index contributed by atoms with van der Waals surface area (Å²) in [6.07, 6.45) is 2.97. The molecule has 2 unspecified atom stereocenters. The number of aromatic nitrogens is 4. The zero-order valence-corrected chi connectivity index (χ0v) is 25.9. The van der Waals surface area contributed by atoms with Crippen LogP contribution in [-0.2, 0) is 11.3 Å². The van der Waals surface area contributed by atoms with E-state index < -0.39 is 12.1 Å². The van der Waals surface area contributed by atoms with Gasteiger partial charge in [-0.05, 0) is 42.1 Å². The summed E-state index contributed by atoms with van der Waals surface area (Å²) in [6, 6.07) is 32.0. The Balaban J connectivity index is 1.11. The van der Waals surface area contributed by atoms with E-state index in [1.165, 1.54) is 0 Å². The van der Waals surface area contributed by atoms with Gasteiger partial charge >= 0.3 is 12.1 Å². The fourth-order valence-corrected chi connectivity index (χ4v) is 5.97. The molecule has 2 aromatic heterocycles. The first-order chi connectivity index (χ1) is 23.0. The molecule has 47 heavy (non-hydrogen) atoms. The highest BCUT2D eigenvalue weighted by Gasteiger charge is 2.37. The summed E-state index contributed by atoms with van der Waals surface area (Å²) in [6.45, 7) is 3.03. The van der Waals surface area contributed by atoms with Gasteiger partial charge in [0.05, 0.1) is 22.8 Å². The zero-order chi connectivity index (χ0) is 32.2. The van der Waals surface area contributed by atoms with Crippen LogP contribution in [0.15, 0.2) is 116 Å². The number of hydrogen-bond acceptors (Lipinski definition) is 7. The van der Waals surface area contributed by atoms with Crippen LogP contribution in [0.4, 0.5) is 21.2 Å². The fourth-order valence-electron chi connectivity index (χ4n) is 5.97. The van der Waals surface area contributed by atoms with Gasteiger partial charge in [0.1, 0.15) is 18.8 Å². The number of fused-ring (bicyclic) bond motifs is 2.